The van der Waals surface area contributed by atoms with Crippen molar-refractivity contribution in [1.29, 1.82) is 0 Å². The highest BCUT2D eigenvalue weighted by molar-refractivity contribution is 5.76. The molecule has 0 atom stereocenters. The number of aromatic nitrogens is 2. The van der Waals surface area contributed by atoms with Crippen LogP contribution in [0.1, 0.15) is 5.56 Å². The summed E-state index contributed by atoms with van der Waals surface area (Å²) in [6, 6.07) is 9.19. The van der Waals surface area contributed by atoms with Crippen LogP contribution in [0.15, 0.2) is 45.7 Å². The zero-order chi connectivity index (χ0) is 13.9. The van der Waals surface area contributed by atoms with Gasteiger partial charge in [0.1, 0.15) is 0 Å². The average molecular weight is 271 g/mol. The third-order valence-electron chi connectivity index (χ3n) is 2.92. The van der Waals surface area contributed by atoms with Gasteiger partial charge in [0, 0.05) is 24.5 Å². The summed E-state index contributed by atoms with van der Waals surface area (Å²) >= 11 is 0. The van der Waals surface area contributed by atoms with Gasteiger partial charge in [0.15, 0.2) is 5.58 Å². The van der Waals surface area contributed by atoms with Crippen molar-refractivity contribution in [2.75, 3.05) is 12.4 Å². The van der Waals surface area contributed by atoms with E-state index in [4.69, 9.17) is 9.15 Å². The number of pyridine rings is 1. The van der Waals surface area contributed by atoms with Crippen LogP contribution in [-0.2, 0) is 6.54 Å². The second-order valence-electron chi connectivity index (χ2n) is 4.29. The van der Waals surface area contributed by atoms with Gasteiger partial charge in [-0.1, -0.05) is 6.07 Å². The maximum Gasteiger partial charge on any atom is 0.417 e. The molecule has 0 amide bonds. The van der Waals surface area contributed by atoms with E-state index in [1.165, 1.54) is 0 Å². The van der Waals surface area contributed by atoms with Gasteiger partial charge in [-0.25, -0.2) is 9.78 Å². The molecule has 0 unspecified atom stereocenters. The Morgan fingerprint density at radius 2 is 2.25 bits per heavy atom. The number of oxazole rings is 1. The summed E-state index contributed by atoms with van der Waals surface area (Å²) < 4.78 is 9.96. The van der Waals surface area contributed by atoms with Gasteiger partial charge in [-0.2, -0.15) is 0 Å². The molecule has 0 aliphatic heterocycles. The van der Waals surface area contributed by atoms with Crippen LogP contribution in [0.4, 0.5) is 5.69 Å². The van der Waals surface area contributed by atoms with E-state index in [1.54, 1.807) is 19.4 Å². The predicted molar refractivity (Wildman–Crippen MR) is 75.0 cm³/mol. The summed E-state index contributed by atoms with van der Waals surface area (Å²) in [5.74, 6) is 0.141. The van der Waals surface area contributed by atoms with E-state index in [9.17, 15) is 4.79 Å². The van der Waals surface area contributed by atoms with Crippen LogP contribution in [0.2, 0.25) is 0 Å². The fourth-order valence-corrected chi connectivity index (χ4v) is 1.90. The number of benzene rings is 1. The van der Waals surface area contributed by atoms with E-state index in [0.717, 1.165) is 11.3 Å². The summed E-state index contributed by atoms with van der Waals surface area (Å²) in [5, 5.41) is 3.26. The van der Waals surface area contributed by atoms with Crippen molar-refractivity contribution in [3.63, 3.8) is 0 Å². The summed E-state index contributed by atoms with van der Waals surface area (Å²) in [5.41, 5.74) is 3.15. The van der Waals surface area contributed by atoms with Crippen molar-refractivity contribution in [2.24, 2.45) is 0 Å². The van der Waals surface area contributed by atoms with Gasteiger partial charge in [-0.05, 0) is 23.8 Å². The molecule has 2 aromatic heterocycles. The van der Waals surface area contributed by atoms with Gasteiger partial charge in [0.05, 0.1) is 12.6 Å². The number of methoxy groups -OCH3 is 1. The molecule has 1 aromatic carbocycles. The van der Waals surface area contributed by atoms with Gasteiger partial charge in [-0.3, -0.25) is 4.98 Å². The Morgan fingerprint density at radius 1 is 1.35 bits per heavy atom. The Balaban J connectivity index is 1.73. The molecule has 3 rings (SSSR count). The van der Waals surface area contributed by atoms with Crippen LogP contribution in [0, 0.1) is 0 Å². The van der Waals surface area contributed by atoms with Gasteiger partial charge in [0.25, 0.3) is 0 Å². The number of fused-ring (bicyclic) bond motifs is 1. The topological polar surface area (TPSA) is 80.1 Å². The highest BCUT2D eigenvalue weighted by Crippen LogP contribution is 2.17. The molecule has 0 bridgehead atoms. The fraction of sp³-hybridized carbons (Fsp3) is 0.143. The number of nitrogens with zero attached hydrogens (tertiary/aromatic N) is 1. The molecule has 2 heterocycles. The number of anilines is 1. The lowest BCUT2D eigenvalue weighted by Crippen LogP contribution is -2.00. The fourth-order valence-electron chi connectivity index (χ4n) is 1.90. The van der Waals surface area contributed by atoms with Gasteiger partial charge >= 0.3 is 5.76 Å². The Kier molecular flexibility index (Phi) is 3.12. The minimum Gasteiger partial charge on any atom is -0.481 e. The first-order valence-corrected chi connectivity index (χ1v) is 6.10. The number of ether oxygens (including phenoxy) is 1. The van der Waals surface area contributed by atoms with Crippen molar-refractivity contribution < 1.29 is 9.15 Å². The average Bonchev–Trinajstić information content (AvgIpc) is 2.85. The van der Waals surface area contributed by atoms with Crippen LogP contribution in [0.25, 0.3) is 11.1 Å². The molecule has 6 nitrogen and oxygen atoms in total. The summed E-state index contributed by atoms with van der Waals surface area (Å²) in [6.45, 7) is 0.630. The van der Waals surface area contributed by atoms with E-state index < -0.39 is 5.76 Å². The molecule has 0 saturated carbocycles. The highest BCUT2D eigenvalue weighted by atomic mass is 16.5. The molecule has 102 valence electrons. The van der Waals surface area contributed by atoms with Crippen LogP contribution in [0.3, 0.4) is 0 Å². The molecule has 6 heteroatoms. The van der Waals surface area contributed by atoms with E-state index in [1.807, 2.05) is 24.3 Å². The first kappa shape index (κ1) is 12.3. The van der Waals surface area contributed by atoms with Crippen molar-refractivity contribution >= 4 is 16.8 Å². The molecule has 0 fully saturated rings. The van der Waals surface area contributed by atoms with E-state index >= 15 is 0 Å². The van der Waals surface area contributed by atoms with Crippen LogP contribution < -0.4 is 15.8 Å². The summed E-state index contributed by atoms with van der Waals surface area (Å²) in [7, 11) is 1.58. The first-order valence-electron chi connectivity index (χ1n) is 6.10. The van der Waals surface area contributed by atoms with E-state index in [-0.39, 0.29) is 0 Å². The number of hydrogen-bond donors (Lipinski definition) is 2. The second-order valence-corrected chi connectivity index (χ2v) is 4.29. The van der Waals surface area contributed by atoms with Gasteiger partial charge in [0.2, 0.25) is 5.88 Å². The highest BCUT2D eigenvalue weighted by Gasteiger charge is 2.02. The minimum atomic E-state index is -0.448. The lowest BCUT2D eigenvalue weighted by Gasteiger charge is -2.06. The first-order chi connectivity index (χ1) is 9.74. The zero-order valence-electron chi connectivity index (χ0n) is 10.8. The lowest BCUT2D eigenvalue weighted by molar-refractivity contribution is 0.397. The third kappa shape index (κ3) is 2.49. The van der Waals surface area contributed by atoms with Crippen LogP contribution in [-0.4, -0.2) is 17.1 Å². The zero-order valence-corrected chi connectivity index (χ0v) is 10.8. The van der Waals surface area contributed by atoms with Crippen LogP contribution >= 0.6 is 0 Å². The molecule has 0 aliphatic rings. The van der Waals surface area contributed by atoms with Gasteiger partial charge in [-0.15, -0.1) is 0 Å². The Bertz CT molecular complexity index is 774. The molecule has 2 N–H and O–H groups in total. The predicted octanol–water partition coefficient (Wildman–Crippen LogP) is 2.14. The minimum absolute atomic E-state index is 0.448. The maximum absolute atomic E-state index is 11.1. The van der Waals surface area contributed by atoms with Crippen molar-refractivity contribution in [3.05, 3.63) is 52.6 Å². The van der Waals surface area contributed by atoms with Gasteiger partial charge < -0.3 is 14.5 Å². The SMILES string of the molecule is COc1ccc(CNc2ccc3oc(=O)[nH]c3c2)cn1. The second kappa shape index (κ2) is 5.08. The smallest absolute Gasteiger partial charge is 0.417 e. The number of aromatic amines is 1. The molecule has 20 heavy (non-hydrogen) atoms. The molecular weight excluding hydrogens is 258 g/mol. The molecule has 0 radical (unpaired) electrons. The maximum atomic E-state index is 11.1. The molecule has 0 spiro atoms. The summed E-state index contributed by atoms with van der Waals surface area (Å²) in [6.07, 6.45) is 1.75. The Hall–Kier alpha value is -2.76. The van der Waals surface area contributed by atoms with E-state index in [0.29, 0.717) is 23.5 Å². The Labute approximate surface area is 114 Å². The lowest BCUT2D eigenvalue weighted by atomic mass is 10.2. The normalized spacial score (nSPS) is 10.7. The monoisotopic (exact) mass is 271 g/mol. The molecule has 0 aliphatic carbocycles. The number of rotatable bonds is 4. The number of hydrogen-bond acceptors (Lipinski definition) is 5. The molecule has 0 saturated heterocycles. The van der Waals surface area contributed by atoms with E-state index in [2.05, 4.69) is 15.3 Å². The largest absolute Gasteiger partial charge is 0.481 e. The van der Waals surface area contributed by atoms with Crippen molar-refractivity contribution in [2.45, 2.75) is 6.54 Å². The summed E-state index contributed by atoms with van der Waals surface area (Å²) in [4.78, 5) is 17.8. The number of H-pyrrole nitrogens is 1. The van der Waals surface area contributed by atoms with Crippen LogP contribution in [0.5, 0.6) is 5.88 Å². The third-order valence-corrected chi connectivity index (χ3v) is 2.92. The number of nitrogens with one attached hydrogen (secondary N) is 2. The standard InChI is InChI=1S/C14H13N3O3/c1-19-13-5-2-9(8-16-13)7-15-10-3-4-12-11(6-10)17-14(18)20-12/h2-6,8,15H,7H2,1H3,(H,17,18). The van der Waals surface area contributed by atoms with Crippen molar-refractivity contribution in [3.8, 4) is 5.88 Å². The Morgan fingerprint density at radius 3 is 3.00 bits per heavy atom. The molecular formula is C14H13N3O3. The van der Waals surface area contributed by atoms with Crippen molar-refractivity contribution in [1.82, 2.24) is 9.97 Å². The quantitative estimate of drug-likeness (QED) is 0.760. The molecule has 3 aromatic rings.